The highest BCUT2D eigenvalue weighted by Crippen LogP contribution is 2.28. The van der Waals surface area contributed by atoms with Gasteiger partial charge in [0.05, 0.1) is 11.6 Å². The van der Waals surface area contributed by atoms with Crippen LogP contribution in [-0.2, 0) is 5.88 Å². The number of aromatic nitrogens is 1. The van der Waals surface area contributed by atoms with E-state index in [0.717, 1.165) is 22.9 Å². The molecule has 4 heteroatoms. The standard InChI is InChI=1S/C15H18ClNOS/c1-4-14(15-17-12(8-16)9-19-15)18-13-6-10(2)5-11(3)7-13/h5-7,9,14H,4,8H2,1-3H3. The molecule has 0 bridgehead atoms. The second-order valence-corrected chi connectivity index (χ2v) is 5.81. The summed E-state index contributed by atoms with van der Waals surface area (Å²) in [4.78, 5) is 4.50. The Morgan fingerprint density at radius 2 is 1.95 bits per heavy atom. The summed E-state index contributed by atoms with van der Waals surface area (Å²) in [6.45, 7) is 6.26. The van der Waals surface area contributed by atoms with Crippen LogP contribution >= 0.6 is 22.9 Å². The van der Waals surface area contributed by atoms with Crippen molar-refractivity contribution in [3.05, 3.63) is 45.4 Å². The zero-order chi connectivity index (χ0) is 13.8. The van der Waals surface area contributed by atoms with Crippen LogP contribution in [0.3, 0.4) is 0 Å². The molecule has 2 aromatic rings. The fourth-order valence-corrected chi connectivity index (χ4v) is 3.16. The molecule has 0 aliphatic heterocycles. The van der Waals surface area contributed by atoms with E-state index in [1.807, 2.05) is 5.38 Å². The van der Waals surface area contributed by atoms with Crippen LogP contribution < -0.4 is 4.74 Å². The van der Waals surface area contributed by atoms with Gasteiger partial charge in [-0.25, -0.2) is 4.98 Å². The van der Waals surface area contributed by atoms with Gasteiger partial charge in [0.1, 0.15) is 16.9 Å². The highest BCUT2D eigenvalue weighted by molar-refractivity contribution is 7.09. The van der Waals surface area contributed by atoms with Crippen LogP contribution in [0, 0.1) is 13.8 Å². The van der Waals surface area contributed by atoms with Crippen LogP contribution in [0.25, 0.3) is 0 Å². The monoisotopic (exact) mass is 295 g/mol. The second-order valence-electron chi connectivity index (χ2n) is 4.65. The summed E-state index contributed by atoms with van der Waals surface area (Å²) >= 11 is 7.41. The van der Waals surface area contributed by atoms with Gasteiger partial charge in [-0.3, -0.25) is 0 Å². The van der Waals surface area contributed by atoms with Crippen molar-refractivity contribution in [1.82, 2.24) is 4.98 Å². The van der Waals surface area contributed by atoms with E-state index >= 15 is 0 Å². The number of ether oxygens (including phenoxy) is 1. The van der Waals surface area contributed by atoms with Crippen molar-refractivity contribution in [1.29, 1.82) is 0 Å². The van der Waals surface area contributed by atoms with Gasteiger partial charge in [0.2, 0.25) is 0 Å². The lowest BCUT2D eigenvalue weighted by Crippen LogP contribution is -2.06. The predicted molar refractivity (Wildman–Crippen MR) is 81.2 cm³/mol. The minimum atomic E-state index is 0.00293. The lowest BCUT2D eigenvalue weighted by molar-refractivity contribution is 0.200. The summed E-state index contributed by atoms with van der Waals surface area (Å²) < 4.78 is 6.07. The first kappa shape index (κ1) is 14.4. The molecule has 19 heavy (non-hydrogen) atoms. The minimum Gasteiger partial charge on any atom is -0.483 e. The molecule has 1 heterocycles. The molecule has 0 fully saturated rings. The number of alkyl halides is 1. The normalized spacial score (nSPS) is 12.4. The summed E-state index contributed by atoms with van der Waals surface area (Å²) in [5.41, 5.74) is 3.35. The first-order chi connectivity index (χ1) is 9.12. The van der Waals surface area contributed by atoms with E-state index in [2.05, 4.69) is 44.0 Å². The Morgan fingerprint density at radius 3 is 2.47 bits per heavy atom. The molecule has 2 rings (SSSR count). The summed E-state index contributed by atoms with van der Waals surface area (Å²) in [7, 11) is 0. The van der Waals surface area contributed by atoms with E-state index in [1.54, 1.807) is 11.3 Å². The van der Waals surface area contributed by atoms with Gasteiger partial charge < -0.3 is 4.74 Å². The summed E-state index contributed by atoms with van der Waals surface area (Å²) in [6.07, 6.45) is 0.894. The van der Waals surface area contributed by atoms with E-state index < -0.39 is 0 Å². The van der Waals surface area contributed by atoms with Gasteiger partial charge in [-0.2, -0.15) is 0 Å². The molecule has 0 aliphatic carbocycles. The Hall–Kier alpha value is -1.06. The van der Waals surface area contributed by atoms with Gasteiger partial charge in [0, 0.05) is 5.38 Å². The van der Waals surface area contributed by atoms with E-state index in [9.17, 15) is 0 Å². The molecular weight excluding hydrogens is 278 g/mol. The SMILES string of the molecule is CCC(Oc1cc(C)cc(C)c1)c1nc(CCl)cs1. The molecule has 1 unspecified atom stereocenters. The van der Waals surface area contributed by atoms with Crippen LogP contribution in [0.4, 0.5) is 0 Å². The lowest BCUT2D eigenvalue weighted by atomic mass is 10.1. The van der Waals surface area contributed by atoms with Gasteiger partial charge in [0.15, 0.2) is 0 Å². The predicted octanol–water partition coefficient (Wildman–Crippen LogP) is 5.03. The quantitative estimate of drug-likeness (QED) is 0.722. The molecule has 0 amide bonds. The molecule has 102 valence electrons. The van der Waals surface area contributed by atoms with E-state index in [4.69, 9.17) is 16.3 Å². The minimum absolute atomic E-state index is 0.00293. The Bertz CT molecular complexity index is 533. The fraction of sp³-hybridized carbons (Fsp3) is 0.400. The summed E-state index contributed by atoms with van der Waals surface area (Å²) in [5, 5.41) is 2.99. The Labute approximate surface area is 123 Å². The van der Waals surface area contributed by atoms with Gasteiger partial charge in [-0.1, -0.05) is 13.0 Å². The molecule has 0 radical (unpaired) electrons. The highest BCUT2D eigenvalue weighted by atomic mass is 35.5. The van der Waals surface area contributed by atoms with Crippen molar-refractivity contribution < 1.29 is 4.74 Å². The fourth-order valence-electron chi connectivity index (χ4n) is 2.01. The van der Waals surface area contributed by atoms with Crippen LogP contribution in [0.1, 0.15) is 41.3 Å². The van der Waals surface area contributed by atoms with Crippen molar-refractivity contribution in [2.24, 2.45) is 0 Å². The van der Waals surface area contributed by atoms with Crippen LogP contribution in [0.2, 0.25) is 0 Å². The zero-order valence-corrected chi connectivity index (χ0v) is 13.0. The largest absolute Gasteiger partial charge is 0.483 e. The first-order valence-electron chi connectivity index (χ1n) is 6.37. The number of benzene rings is 1. The first-order valence-corrected chi connectivity index (χ1v) is 7.79. The van der Waals surface area contributed by atoms with E-state index in [0.29, 0.717) is 5.88 Å². The molecule has 0 aliphatic rings. The number of thiazole rings is 1. The molecule has 0 saturated carbocycles. The number of nitrogens with zero attached hydrogens (tertiary/aromatic N) is 1. The molecule has 2 nitrogen and oxygen atoms in total. The number of aryl methyl sites for hydroxylation is 2. The van der Waals surface area contributed by atoms with Crippen LogP contribution in [0.5, 0.6) is 5.75 Å². The third-order valence-electron chi connectivity index (χ3n) is 2.83. The Balaban J connectivity index is 2.18. The van der Waals surface area contributed by atoms with Crippen molar-refractivity contribution in [2.45, 2.75) is 39.2 Å². The lowest BCUT2D eigenvalue weighted by Gasteiger charge is -2.16. The average Bonchev–Trinajstić information content (AvgIpc) is 2.83. The van der Waals surface area contributed by atoms with Crippen molar-refractivity contribution >= 4 is 22.9 Å². The van der Waals surface area contributed by atoms with Gasteiger partial charge in [0.25, 0.3) is 0 Å². The maximum Gasteiger partial charge on any atom is 0.150 e. The number of hydrogen-bond acceptors (Lipinski definition) is 3. The van der Waals surface area contributed by atoms with Crippen LogP contribution in [0.15, 0.2) is 23.6 Å². The topological polar surface area (TPSA) is 22.1 Å². The Morgan fingerprint density at radius 1 is 1.26 bits per heavy atom. The number of hydrogen-bond donors (Lipinski definition) is 0. The van der Waals surface area contributed by atoms with E-state index in [-0.39, 0.29) is 6.10 Å². The molecule has 1 aromatic carbocycles. The molecular formula is C15H18ClNOS. The molecule has 0 spiro atoms. The van der Waals surface area contributed by atoms with Gasteiger partial charge in [-0.15, -0.1) is 22.9 Å². The summed E-state index contributed by atoms with van der Waals surface area (Å²) in [6, 6.07) is 6.26. The smallest absolute Gasteiger partial charge is 0.150 e. The average molecular weight is 296 g/mol. The maximum atomic E-state index is 6.07. The summed E-state index contributed by atoms with van der Waals surface area (Å²) in [5.74, 6) is 1.36. The van der Waals surface area contributed by atoms with E-state index in [1.165, 1.54) is 11.1 Å². The van der Waals surface area contributed by atoms with Crippen molar-refractivity contribution in [3.8, 4) is 5.75 Å². The van der Waals surface area contributed by atoms with Crippen molar-refractivity contribution in [2.75, 3.05) is 0 Å². The number of rotatable bonds is 5. The highest BCUT2D eigenvalue weighted by Gasteiger charge is 2.15. The third kappa shape index (κ3) is 3.71. The number of halogens is 1. The molecule has 0 N–H and O–H groups in total. The molecule has 1 aromatic heterocycles. The van der Waals surface area contributed by atoms with Crippen molar-refractivity contribution in [3.63, 3.8) is 0 Å². The molecule has 0 saturated heterocycles. The third-order valence-corrected chi connectivity index (χ3v) is 4.09. The van der Waals surface area contributed by atoms with Gasteiger partial charge in [-0.05, 0) is 43.5 Å². The molecule has 1 atom stereocenters. The Kier molecular flexibility index (Phi) is 4.83. The maximum absolute atomic E-state index is 6.07. The second kappa shape index (κ2) is 6.40. The van der Waals surface area contributed by atoms with Gasteiger partial charge >= 0.3 is 0 Å². The van der Waals surface area contributed by atoms with Crippen LogP contribution in [-0.4, -0.2) is 4.98 Å². The zero-order valence-electron chi connectivity index (χ0n) is 11.4.